The van der Waals surface area contributed by atoms with Gasteiger partial charge in [-0.15, -0.1) is 0 Å². The van der Waals surface area contributed by atoms with Crippen molar-refractivity contribution < 1.29 is 4.79 Å². The molecule has 1 amide bonds. The van der Waals surface area contributed by atoms with Crippen LogP contribution >= 0.6 is 0 Å². The number of rotatable bonds is 4. The van der Waals surface area contributed by atoms with E-state index in [2.05, 4.69) is 19.9 Å². The van der Waals surface area contributed by atoms with Crippen LogP contribution < -0.4 is 0 Å². The Hall–Kier alpha value is -2.76. The Kier molecular flexibility index (Phi) is 4.41. The van der Waals surface area contributed by atoms with Crippen LogP contribution in [0.2, 0.25) is 0 Å². The Morgan fingerprint density at radius 1 is 1.19 bits per heavy atom. The number of nitrogens with zero attached hydrogens (tertiary/aromatic N) is 4. The molecule has 1 N–H and O–H groups in total. The molecule has 0 aliphatic carbocycles. The van der Waals surface area contributed by atoms with Gasteiger partial charge in [0, 0.05) is 43.2 Å². The minimum absolute atomic E-state index is 0.178. The van der Waals surface area contributed by atoms with E-state index in [1.807, 2.05) is 49.1 Å². The molecule has 6 nitrogen and oxygen atoms in total. The maximum atomic E-state index is 12.6. The molecule has 3 aromatic rings. The second kappa shape index (κ2) is 6.86. The number of aryl methyl sites for hydroxylation is 3. The molecule has 6 heteroatoms. The normalized spacial score (nSPS) is 17.2. The van der Waals surface area contributed by atoms with Gasteiger partial charge >= 0.3 is 0 Å². The van der Waals surface area contributed by atoms with Crippen molar-refractivity contribution >= 4 is 16.9 Å². The summed E-state index contributed by atoms with van der Waals surface area (Å²) in [6, 6.07) is 9.91. The molecule has 26 heavy (non-hydrogen) atoms. The number of H-pyrrole nitrogens is 1. The Morgan fingerprint density at radius 2 is 1.96 bits per heavy atom. The van der Waals surface area contributed by atoms with Gasteiger partial charge in [0.15, 0.2) is 0 Å². The zero-order chi connectivity index (χ0) is 18.1. The number of fused-ring (bicyclic) bond motifs is 1. The average molecular weight is 349 g/mol. The highest BCUT2D eigenvalue weighted by Gasteiger charge is 2.29. The highest BCUT2D eigenvalue weighted by Crippen LogP contribution is 2.25. The van der Waals surface area contributed by atoms with Gasteiger partial charge in [0.25, 0.3) is 0 Å². The molecule has 1 aliphatic rings. The van der Waals surface area contributed by atoms with Gasteiger partial charge in [0.2, 0.25) is 5.91 Å². The Balaban J connectivity index is 1.36. The standard InChI is InChI=1S/C20H23N5O/c1-13-11-14(2)22-20(21-13)15-9-10-25(12-15)19(26)8-7-18-23-16-5-3-4-6-17(16)24-18/h3-6,11,15H,7-10,12H2,1-2H3,(H,23,24). The van der Waals surface area contributed by atoms with Crippen LogP contribution in [0, 0.1) is 13.8 Å². The van der Waals surface area contributed by atoms with Crippen molar-refractivity contribution in [2.24, 2.45) is 0 Å². The minimum Gasteiger partial charge on any atom is -0.342 e. The van der Waals surface area contributed by atoms with E-state index >= 15 is 0 Å². The summed E-state index contributed by atoms with van der Waals surface area (Å²) < 4.78 is 0. The van der Waals surface area contributed by atoms with Crippen LogP contribution in [-0.2, 0) is 11.2 Å². The Morgan fingerprint density at radius 3 is 2.73 bits per heavy atom. The topological polar surface area (TPSA) is 74.8 Å². The van der Waals surface area contributed by atoms with Crippen LogP contribution in [0.1, 0.15) is 41.8 Å². The number of imidazole rings is 1. The van der Waals surface area contributed by atoms with Crippen LogP contribution in [0.4, 0.5) is 0 Å². The molecule has 1 aromatic carbocycles. The predicted octanol–water partition coefficient (Wildman–Crippen LogP) is 2.92. The molecule has 0 saturated carbocycles. The number of benzene rings is 1. The van der Waals surface area contributed by atoms with Gasteiger partial charge < -0.3 is 9.88 Å². The van der Waals surface area contributed by atoms with E-state index in [0.29, 0.717) is 19.4 Å². The van der Waals surface area contributed by atoms with Crippen LogP contribution in [0.3, 0.4) is 0 Å². The fraction of sp³-hybridized carbons (Fsp3) is 0.400. The van der Waals surface area contributed by atoms with E-state index in [0.717, 1.165) is 47.0 Å². The van der Waals surface area contributed by atoms with Gasteiger partial charge in [-0.25, -0.2) is 15.0 Å². The summed E-state index contributed by atoms with van der Waals surface area (Å²) in [5, 5.41) is 0. The summed E-state index contributed by atoms with van der Waals surface area (Å²) >= 11 is 0. The van der Waals surface area contributed by atoms with E-state index < -0.39 is 0 Å². The first-order chi connectivity index (χ1) is 12.6. The first-order valence-electron chi connectivity index (χ1n) is 9.12. The van der Waals surface area contributed by atoms with Crippen LogP contribution in [0.25, 0.3) is 11.0 Å². The number of nitrogens with one attached hydrogen (secondary N) is 1. The molecule has 1 aliphatic heterocycles. The van der Waals surface area contributed by atoms with Crippen LogP contribution in [0.15, 0.2) is 30.3 Å². The second-order valence-electron chi connectivity index (χ2n) is 7.03. The molecule has 1 atom stereocenters. The van der Waals surface area contributed by atoms with Crippen molar-refractivity contribution in [2.45, 2.75) is 39.0 Å². The molecule has 0 bridgehead atoms. The number of hydrogen-bond acceptors (Lipinski definition) is 4. The lowest BCUT2D eigenvalue weighted by Gasteiger charge is -2.16. The second-order valence-corrected chi connectivity index (χ2v) is 7.03. The SMILES string of the molecule is Cc1cc(C)nc(C2CCN(C(=O)CCc3nc4ccccc4[nH]3)C2)n1. The van der Waals surface area contributed by atoms with Gasteiger partial charge in [-0.1, -0.05) is 12.1 Å². The molecule has 1 unspecified atom stereocenters. The molecule has 1 fully saturated rings. The third kappa shape index (κ3) is 3.45. The molecule has 3 heterocycles. The highest BCUT2D eigenvalue weighted by molar-refractivity contribution is 5.77. The largest absolute Gasteiger partial charge is 0.342 e. The lowest BCUT2D eigenvalue weighted by Crippen LogP contribution is -2.29. The molecule has 134 valence electrons. The zero-order valence-corrected chi connectivity index (χ0v) is 15.2. The Labute approximate surface area is 152 Å². The number of aromatic nitrogens is 4. The van der Waals surface area contributed by atoms with Gasteiger partial charge in [-0.3, -0.25) is 4.79 Å². The van der Waals surface area contributed by atoms with Gasteiger partial charge in [0.05, 0.1) is 11.0 Å². The van der Waals surface area contributed by atoms with E-state index in [1.165, 1.54) is 0 Å². The smallest absolute Gasteiger partial charge is 0.223 e. The number of amides is 1. The van der Waals surface area contributed by atoms with Gasteiger partial charge in [-0.05, 0) is 38.5 Å². The van der Waals surface area contributed by atoms with E-state index in [4.69, 9.17) is 0 Å². The molecule has 4 rings (SSSR count). The fourth-order valence-corrected chi connectivity index (χ4v) is 3.64. The predicted molar refractivity (Wildman–Crippen MR) is 99.9 cm³/mol. The molecular formula is C20H23N5O. The molecule has 2 aromatic heterocycles. The molecular weight excluding hydrogens is 326 g/mol. The molecule has 0 spiro atoms. The Bertz CT molecular complexity index is 895. The number of para-hydroxylation sites is 2. The monoisotopic (exact) mass is 349 g/mol. The van der Waals surface area contributed by atoms with Crippen molar-refractivity contribution in [1.82, 2.24) is 24.8 Å². The summed E-state index contributed by atoms with van der Waals surface area (Å²) in [4.78, 5) is 31.5. The summed E-state index contributed by atoms with van der Waals surface area (Å²) in [5.74, 6) is 2.16. The first-order valence-corrected chi connectivity index (χ1v) is 9.12. The maximum absolute atomic E-state index is 12.6. The number of likely N-dealkylation sites (tertiary alicyclic amines) is 1. The summed E-state index contributed by atoms with van der Waals surface area (Å²) in [5.41, 5.74) is 3.94. The first kappa shape index (κ1) is 16.7. The maximum Gasteiger partial charge on any atom is 0.223 e. The van der Waals surface area contributed by atoms with Crippen LogP contribution in [-0.4, -0.2) is 43.8 Å². The zero-order valence-electron chi connectivity index (χ0n) is 15.2. The van der Waals surface area contributed by atoms with Crippen LogP contribution in [0.5, 0.6) is 0 Å². The summed E-state index contributed by atoms with van der Waals surface area (Å²) in [7, 11) is 0. The van der Waals surface area contributed by atoms with Crippen molar-refractivity contribution in [3.63, 3.8) is 0 Å². The van der Waals surface area contributed by atoms with Gasteiger partial charge in [-0.2, -0.15) is 0 Å². The summed E-state index contributed by atoms with van der Waals surface area (Å²) in [6.07, 6.45) is 2.04. The van der Waals surface area contributed by atoms with Crippen molar-refractivity contribution in [3.05, 3.63) is 53.4 Å². The van der Waals surface area contributed by atoms with E-state index in [-0.39, 0.29) is 11.8 Å². The van der Waals surface area contributed by atoms with Crippen molar-refractivity contribution in [3.8, 4) is 0 Å². The lowest BCUT2D eigenvalue weighted by molar-refractivity contribution is -0.130. The van der Waals surface area contributed by atoms with Crippen molar-refractivity contribution in [1.29, 1.82) is 0 Å². The lowest BCUT2D eigenvalue weighted by atomic mass is 10.1. The number of carbonyl (C=O) groups excluding carboxylic acids is 1. The third-order valence-electron chi connectivity index (χ3n) is 4.92. The van der Waals surface area contributed by atoms with Gasteiger partial charge in [0.1, 0.15) is 11.6 Å². The quantitative estimate of drug-likeness (QED) is 0.786. The minimum atomic E-state index is 0.178. The highest BCUT2D eigenvalue weighted by atomic mass is 16.2. The molecule has 0 radical (unpaired) electrons. The summed E-state index contributed by atoms with van der Waals surface area (Å²) in [6.45, 7) is 5.47. The molecule has 1 saturated heterocycles. The van der Waals surface area contributed by atoms with Crippen molar-refractivity contribution in [2.75, 3.05) is 13.1 Å². The number of carbonyl (C=O) groups is 1. The van der Waals surface area contributed by atoms with E-state index in [9.17, 15) is 4.79 Å². The van der Waals surface area contributed by atoms with E-state index in [1.54, 1.807) is 0 Å². The third-order valence-corrected chi connectivity index (χ3v) is 4.92. The number of hydrogen-bond donors (Lipinski definition) is 1. The average Bonchev–Trinajstić information content (AvgIpc) is 3.25. The fourth-order valence-electron chi connectivity index (χ4n) is 3.64. The number of aromatic amines is 1.